The molecule has 4 fully saturated rings. The van der Waals surface area contributed by atoms with Crippen molar-refractivity contribution >= 4 is 11.6 Å². The summed E-state index contributed by atoms with van der Waals surface area (Å²) >= 11 is 0. The first-order chi connectivity index (χ1) is 11.1. The second-order valence-electron chi connectivity index (χ2n) is 8.09. The van der Waals surface area contributed by atoms with Crippen molar-refractivity contribution in [1.29, 1.82) is 0 Å². The zero-order valence-corrected chi connectivity index (χ0v) is 13.9. The largest absolute Gasteiger partial charge is 0.273 e. The number of carbonyl (C=O) groups is 1. The van der Waals surface area contributed by atoms with Crippen LogP contribution in [-0.4, -0.2) is 11.6 Å². The van der Waals surface area contributed by atoms with Crippen LogP contribution in [0.25, 0.3) is 0 Å². The Morgan fingerprint density at radius 3 is 2.22 bits per heavy atom. The van der Waals surface area contributed by atoms with Gasteiger partial charge in [0.1, 0.15) is 0 Å². The fourth-order valence-electron chi connectivity index (χ4n) is 5.64. The monoisotopic (exact) mass is 310 g/mol. The van der Waals surface area contributed by atoms with Crippen molar-refractivity contribution in [3.05, 3.63) is 35.9 Å². The Balaban J connectivity index is 1.41. The average molecular weight is 310 g/mol. The van der Waals surface area contributed by atoms with Crippen molar-refractivity contribution in [3.8, 4) is 0 Å². The molecule has 122 valence electrons. The molecule has 0 atom stereocenters. The Morgan fingerprint density at radius 1 is 1.09 bits per heavy atom. The molecule has 5 rings (SSSR count). The first-order valence-corrected chi connectivity index (χ1v) is 9.00. The molecule has 0 unspecified atom stereocenters. The van der Waals surface area contributed by atoms with Crippen LogP contribution in [0.3, 0.4) is 0 Å². The van der Waals surface area contributed by atoms with Crippen LogP contribution < -0.4 is 5.43 Å². The molecule has 0 saturated heterocycles. The molecule has 23 heavy (non-hydrogen) atoms. The van der Waals surface area contributed by atoms with E-state index in [1.807, 2.05) is 30.3 Å². The van der Waals surface area contributed by atoms with Crippen molar-refractivity contribution in [3.63, 3.8) is 0 Å². The number of rotatable bonds is 4. The lowest BCUT2D eigenvalue weighted by Crippen LogP contribution is -2.49. The number of nitrogens with one attached hydrogen (secondary N) is 1. The zero-order valence-electron chi connectivity index (χ0n) is 13.9. The van der Waals surface area contributed by atoms with Gasteiger partial charge in [-0.3, -0.25) is 4.79 Å². The molecule has 1 amide bonds. The Hall–Kier alpha value is -1.64. The number of hydrogen-bond acceptors (Lipinski definition) is 2. The Bertz CT molecular complexity index is 585. The van der Waals surface area contributed by atoms with Gasteiger partial charge in [-0.15, -0.1) is 0 Å². The first kappa shape index (κ1) is 14.9. The highest BCUT2D eigenvalue weighted by Gasteiger charge is 2.52. The summed E-state index contributed by atoms with van der Waals surface area (Å²) in [5.74, 6) is 2.71. The van der Waals surface area contributed by atoms with Crippen LogP contribution in [0, 0.1) is 23.2 Å². The van der Waals surface area contributed by atoms with E-state index in [1.54, 1.807) is 0 Å². The van der Waals surface area contributed by atoms with E-state index < -0.39 is 0 Å². The second-order valence-corrected chi connectivity index (χ2v) is 8.09. The fraction of sp³-hybridized carbons (Fsp3) is 0.600. The maximum atomic E-state index is 12.1. The molecule has 0 aromatic heterocycles. The van der Waals surface area contributed by atoms with Gasteiger partial charge in [-0.2, -0.15) is 5.10 Å². The van der Waals surface area contributed by atoms with Gasteiger partial charge in [-0.25, -0.2) is 5.43 Å². The minimum atomic E-state index is -0.0136. The third-order valence-electron chi connectivity index (χ3n) is 6.36. The summed E-state index contributed by atoms with van der Waals surface area (Å²) in [6.45, 7) is 2.13. The lowest BCUT2D eigenvalue weighted by atomic mass is 9.48. The van der Waals surface area contributed by atoms with Crippen LogP contribution in [-0.2, 0) is 11.2 Å². The van der Waals surface area contributed by atoms with Gasteiger partial charge in [-0.05, 0) is 68.8 Å². The fourth-order valence-corrected chi connectivity index (χ4v) is 5.64. The van der Waals surface area contributed by atoms with E-state index in [9.17, 15) is 4.79 Å². The van der Waals surface area contributed by atoms with Gasteiger partial charge in [-0.1, -0.05) is 30.3 Å². The lowest BCUT2D eigenvalue weighted by molar-refractivity contribution is -0.120. The predicted octanol–water partition coefficient (Wildman–Crippen LogP) is 3.94. The molecule has 4 saturated carbocycles. The van der Waals surface area contributed by atoms with E-state index in [0.29, 0.717) is 6.42 Å². The molecule has 0 radical (unpaired) electrons. The van der Waals surface area contributed by atoms with Gasteiger partial charge in [0, 0.05) is 11.1 Å². The maximum Gasteiger partial charge on any atom is 0.244 e. The highest BCUT2D eigenvalue weighted by atomic mass is 16.2. The Morgan fingerprint density at radius 2 is 1.65 bits per heavy atom. The topological polar surface area (TPSA) is 41.5 Å². The van der Waals surface area contributed by atoms with Crippen molar-refractivity contribution in [2.45, 2.75) is 51.9 Å². The van der Waals surface area contributed by atoms with Gasteiger partial charge in [0.15, 0.2) is 0 Å². The van der Waals surface area contributed by atoms with Crippen LogP contribution in [0.5, 0.6) is 0 Å². The minimum absolute atomic E-state index is 0.0136. The van der Waals surface area contributed by atoms with Gasteiger partial charge in [0.05, 0.1) is 6.42 Å². The molecule has 4 aliphatic carbocycles. The summed E-state index contributed by atoms with van der Waals surface area (Å²) in [4.78, 5) is 12.1. The van der Waals surface area contributed by atoms with Crippen molar-refractivity contribution in [2.75, 3.05) is 0 Å². The third-order valence-corrected chi connectivity index (χ3v) is 6.36. The highest BCUT2D eigenvalue weighted by Crippen LogP contribution is 2.60. The molecule has 1 aromatic rings. The van der Waals surface area contributed by atoms with Gasteiger partial charge >= 0.3 is 0 Å². The molecule has 3 nitrogen and oxygen atoms in total. The summed E-state index contributed by atoms with van der Waals surface area (Å²) in [6.07, 6.45) is 8.60. The number of hydrazone groups is 1. The summed E-state index contributed by atoms with van der Waals surface area (Å²) < 4.78 is 0. The van der Waals surface area contributed by atoms with Crippen LogP contribution in [0.4, 0.5) is 0 Å². The summed E-state index contributed by atoms with van der Waals surface area (Å²) in [5.41, 5.74) is 5.29. The van der Waals surface area contributed by atoms with Crippen LogP contribution >= 0.6 is 0 Å². The van der Waals surface area contributed by atoms with Crippen LogP contribution in [0.1, 0.15) is 51.0 Å². The number of amides is 1. The number of carbonyl (C=O) groups excluding carboxylic acids is 1. The standard InChI is InChI=1S/C20H26N2O/c1-14(21-22-19(23)10-15-5-3-2-4-6-15)20-11-16-7-17(12-20)9-18(8-16)13-20/h2-6,16-18H,7-13H2,1H3,(H,22,23). The normalized spacial score (nSPS) is 35.3. The van der Waals surface area contributed by atoms with Gasteiger partial charge in [0.2, 0.25) is 5.91 Å². The molecule has 3 heteroatoms. The molecule has 0 spiro atoms. The highest BCUT2D eigenvalue weighted by molar-refractivity contribution is 5.90. The molecule has 4 bridgehead atoms. The number of hydrogen-bond donors (Lipinski definition) is 1. The Kier molecular flexibility index (Phi) is 3.74. The van der Waals surface area contributed by atoms with E-state index in [1.165, 1.54) is 38.5 Å². The van der Waals surface area contributed by atoms with E-state index in [4.69, 9.17) is 0 Å². The molecule has 1 N–H and O–H groups in total. The molecular weight excluding hydrogens is 284 g/mol. The number of benzene rings is 1. The quantitative estimate of drug-likeness (QED) is 0.664. The molecule has 0 aliphatic heterocycles. The van der Waals surface area contributed by atoms with Crippen LogP contribution in [0.15, 0.2) is 35.4 Å². The minimum Gasteiger partial charge on any atom is -0.273 e. The van der Waals surface area contributed by atoms with E-state index >= 15 is 0 Å². The second kappa shape index (κ2) is 5.77. The lowest BCUT2D eigenvalue weighted by Gasteiger charge is -2.56. The molecule has 0 heterocycles. The Labute approximate surface area is 138 Å². The molecule has 1 aromatic carbocycles. The van der Waals surface area contributed by atoms with Gasteiger partial charge < -0.3 is 0 Å². The SMILES string of the molecule is CC(=NNC(=O)Cc1ccccc1)C12CC3CC(CC(C3)C1)C2. The zero-order chi connectivity index (χ0) is 15.9. The van der Waals surface area contributed by atoms with Crippen molar-refractivity contribution in [2.24, 2.45) is 28.3 Å². The number of nitrogens with zero attached hydrogens (tertiary/aromatic N) is 1. The van der Waals surface area contributed by atoms with Crippen LogP contribution in [0.2, 0.25) is 0 Å². The van der Waals surface area contributed by atoms with Crippen molar-refractivity contribution in [1.82, 2.24) is 5.43 Å². The van der Waals surface area contributed by atoms with E-state index in [-0.39, 0.29) is 11.3 Å². The first-order valence-electron chi connectivity index (χ1n) is 9.00. The van der Waals surface area contributed by atoms with Gasteiger partial charge in [0.25, 0.3) is 0 Å². The summed E-state index contributed by atoms with van der Waals surface area (Å²) in [7, 11) is 0. The van der Waals surface area contributed by atoms with E-state index in [0.717, 1.165) is 29.0 Å². The summed E-state index contributed by atoms with van der Waals surface area (Å²) in [5, 5.41) is 4.53. The third kappa shape index (κ3) is 2.93. The predicted molar refractivity (Wildman–Crippen MR) is 92.0 cm³/mol. The average Bonchev–Trinajstić information content (AvgIpc) is 2.52. The summed E-state index contributed by atoms with van der Waals surface area (Å²) in [6, 6.07) is 9.86. The smallest absolute Gasteiger partial charge is 0.244 e. The van der Waals surface area contributed by atoms with Crippen molar-refractivity contribution < 1.29 is 4.79 Å². The molecular formula is C20H26N2O. The molecule has 4 aliphatic rings. The maximum absolute atomic E-state index is 12.1. The van der Waals surface area contributed by atoms with E-state index in [2.05, 4.69) is 17.5 Å².